The fourth-order valence-corrected chi connectivity index (χ4v) is 4.60. The Bertz CT molecular complexity index is 476. The zero-order chi connectivity index (χ0) is 14.6. The van der Waals surface area contributed by atoms with Crippen LogP contribution in [0, 0.1) is 5.92 Å². The van der Waals surface area contributed by atoms with E-state index in [2.05, 4.69) is 30.2 Å². The van der Waals surface area contributed by atoms with Gasteiger partial charge in [-0.2, -0.15) is 5.10 Å². The fraction of sp³-hybridized carbons (Fsp3) is 0.727. The first-order valence-corrected chi connectivity index (χ1v) is 10.2. The summed E-state index contributed by atoms with van der Waals surface area (Å²) >= 11 is 6.08. The lowest BCUT2D eigenvalue weighted by Gasteiger charge is -2.47. The first kappa shape index (κ1) is 14.3. The molecular formula is C11H19ClN4O2Si. The maximum Gasteiger partial charge on any atom is 0.328 e. The number of hydrazone groups is 1. The molecule has 19 heavy (non-hydrogen) atoms. The third kappa shape index (κ3) is 1.79. The van der Waals surface area contributed by atoms with Crippen molar-refractivity contribution < 1.29 is 9.59 Å². The largest absolute Gasteiger partial charge is 0.328 e. The summed E-state index contributed by atoms with van der Waals surface area (Å²) in [6.45, 7) is 6.38. The van der Waals surface area contributed by atoms with Crippen LogP contribution in [0.5, 0.6) is 0 Å². The Balaban J connectivity index is 2.53. The van der Waals surface area contributed by atoms with Crippen molar-refractivity contribution in [2.75, 3.05) is 20.0 Å². The quantitative estimate of drug-likeness (QED) is 0.609. The molecule has 1 saturated heterocycles. The summed E-state index contributed by atoms with van der Waals surface area (Å²) in [7, 11) is 1.37. The molecule has 2 heterocycles. The van der Waals surface area contributed by atoms with Crippen molar-refractivity contribution >= 4 is 36.9 Å². The molecule has 106 valence electrons. The molecule has 2 rings (SSSR count). The third-order valence-corrected chi connectivity index (χ3v) is 6.19. The number of nitrogens with one attached hydrogen (secondary N) is 1. The molecule has 6 nitrogen and oxygen atoms in total. The van der Waals surface area contributed by atoms with Gasteiger partial charge >= 0.3 is 6.03 Å². The maximum atomic E-state index is 12.5. The highest BCUT2D eigenvalue weighted by atomic mass is 35.5. The molecule has 2 aliphatic heterocycles. The van der Waals surface area contributed by atoms with E-state index >= 15 is 0 Å². The summed E-state index contributed by atoms with van der Waals surface area (Å²) in [6, 6.07) is -0.360. The highest BCUT2D eigenvalue weighted by Crippen LogP contribution is 2.37. The number of urea groups is 1. The van der Waals surface area contributed by atoms with Crippen LogP contribution in [0.4, 0.5) is 4.79 Å². The number of carbonyl (C=O) groups is 2. The van der Waals surface area contributed by atoms with Gasteiger partial charge in [-0.25, -0.2) is 4.79 Å². The lowest BCUT2D eigenvalue weighted by atomic mass is 9.91. The molecule has 1 N–H and O–H groups in total. The third-order valence-electron chi connectivity index (χ3n) is 3.84. The van der Waals surface area contributed by atoms with Gasteiger partial charge in [0.2, 0.25) is 5.91 Å². The van der Waals surface area contributed by atoms with Crippen LogP contribution in [-0.4, -0.2) is 60.8 Å². The van der Waals surface area contributed by atoms with Crippen molar-refractivity contribution in [2.45, 2.75) is 25.3 Å². The number of alkyl halides is 1. The number of imide groups is 1. The summed E-state index contributed by atoms with van der Waals surface area (Å²) in [5.41, 5.74) is 2.04. The first-order valence-electron chi connectivity index (χ1n) is 6.13. The Morgan fingerprint density at radius 1 is 1.37 bits per heavy atom. The zero-order valence-electron chi connectivity index (χ0n) is 11.8. The van der Waals surface area contributed by atoms with Gasteiger partial charge in [0, 0.05) is 19.4 Å². The summed E-state index contributed by atoms with van der Waals surface area (Å²) in [5.74, 6) is -0.587. The zero-order valence-corrected chi connectivity index (χ0v) is 13.6. The predicted octanol–water partition coefficient (Wildman–Crippen LogP) is 0.898. The van der Waals surface area contributed by atoms with Crippen molar-refractivity contribution in [3.8, 4) is 0 Å². The Labute approximate surface area is 118 Å². The minimum absolute atomic E-state index is 0.122. The number of carbonyl (C=O) groups excluding carboxylic acids is 2. The standard InChI is InChI=1S/C11H19ClN4O2Si/c1-15-9(17)7-8(19(3,4)5)13-14-11(7,6-12)16(2)10(15)18/h7,14H,6H2,1-5H3. The minimum Gasteiger partial charge on any atom is -0.301 e. The van der Waals surface area contributed by atoms with E-state index in [0.717, 1.165) is 10.2 Å². The van der Waals surface area contributed by atoms with E-state index in [1.807, 2.05) is 0 Å². The number of fused-ring (bicyclic) bond motifs is 1. The summed E-state index contributed by atoms with van der Waals surface area (Å²) in [5, 5.41) is 5.23. The Kier molecular flexibility index (Phi) is 3.17. The van der Waals surface area contributed by atoms with Crippen LogP contribution < -0.4 is 5.43 Å². The van der Waals surface area contributed by atoms with Crippen LogP contribution in [0.15, 0.2) is 5.10 Å². The van der Waals surface area contributed by atoms with Gasteiger partial charge in [-0.05, 0) is 0 Å². The Morgan fingerprint density at radius 3 is 2.42 bits per heavy atom. The van der Waals surface area contributed by atoms with Gasteiger partial charge < -0.3 is 4.90 Å². The van der Waals surface area contributed by atoms with Crippen molar-refractivity contribution in [1.82, 2.24) is 15.2 Å². The van der Waals surface area contributed by atoms with Crippen LogP contribution in [-0.2, 0) is 4.79 Å². The molecule has 0 aromatic carbocycles. The van der Waals surface area contributed by atoms with Crippen molar-refractivity contribution in [2.24, 2.45) is 11.0 Å². The fourth-order valence-electron chi connectivity index (χ4n) is 2.58. The number of amides is 3. The van der Waals surface area contributed by atoms with E-state index in [4.69, 9.17) is 11.6 Å². The van der Waals surface area contributed by atoms with E-state index in [1.54, 1.807) is 7.05 Å². The second kappa shape index (κ2) is 4.21. The number of hydrogen-bond donors (Lipinski definition) is 1. The monoisotopic (exact) mass is 302 g/mol. The highest BCUT2D eigenvalue weighted by Gasteiger charge is 2.60. The lowest BCUT2D eigenvalue weighted by molar-refractivity contribution is -0.137. The number of hydrogen-bond acceptors (Lipinski definition) is 4. The van der Waals surface area contributed by atoms with Gasteiger partial charge in [-0.15, -0.1) is 11.6 Å². The molecule has 0 bridgehead atoms. The molecule has 3 amide bonds. The molecule has 2 atom stereocenters. The van der Waals surface area contributed by atoms with Crippen LogP contribution >= 0.6 is 11.6 Å². The Morgan fingerprint density at radius 2 is 1.95 bits per heavy atom. The highest BCUT2D eigenvalue weighted by molar-refractivity contribution is 7.05. The molecule has 0 radical (unpaired) electrons. The number of halogens is 1. The first-order chi connectivity index (χ1) is 8.66. The summed E-state index contributed by atoms with van der Waals surface area (Å²) in [6.07, 6.45) is 0. The molecular weight excluding hydrogens is 284 g/mol. The van der Waals surface area contributed by atoms with E-state index in [0.29, 0.717) is 0 Å². The molecule has 2 unspecified atom stereocenters. The number of rotatable bonds is 2. The van der Waals surface area contributed by atoms with Gasteiger partial charge in [0.15, 0.2) is 5.66 Å². The van der Waals surface area contributed by atoms with Gasteiger partial charge in [0.05, 0.1) is 14.0 Å². The molecule has 0 spiro atoms. The maximum absolute atomic E-state index is 12.5. The van der Waals surface area contributed by atoms with Gasteiger partial charge in [0.25, 0.3) is 0 Å². The van der Waals surface area contributed by atoms with Crippen LogP contribution in [0.2, 0.25) is 19.6 Å². The van der Waals surface area contributed by atoms with Crippen molar-refractivity contribution in [3.63, 3.8) is 0 Å². The SMILES string of the molecule is CN1C(=O)C2C([Si](C)(C)C)=NNC2(CCl)N(C)C1=O. The van der Waals surface area contributed by atoms with Crippen molar-refractivity contribution in [1.29, 1.82) is 0 Å². The average molecular weight is 303 g/mol. The van der Waals surface area contributed by atoms with Gasteiger partial charge in [-0.3, -0.25) is 15.1 Å². The normalized spacial score (nSPS) is 31.3. The molecule has 0 aromatic rings. The van der Waals surface area contributed by atoms with E-state index in [-0.39, 0.29) is 17.8 Å². The average Bonchev–Trinajstić information content (AvgIpc) is 2.74. The van der Waals surface area contributed by atoms with E-state index < -0.39 is 19.7 Å². The van der Waals surface area contributed by atoms with Crippen LogP contribution in [0.1, 0.15) is 0 Å². The van der Waals surface area contributed by atoms with Crippen molar-refractivity contribution in [3.05, 3.63) is 0 Å². The second-order valence-electron chi connectivity index (χ2n) is 6.09. The molecule has 1 fully saturated rings. The topological polar surface area (TPSA) is 65.0 Å². The Hall–Kier alpha value is -1.08. The molecule has 0 aliphatic carbocycles. The predicted molar refractivity (Wildman–Crippen MR) is 76.8 cm³/mol. The summed E-state index contributed by atoms with van der Waals surface area (Å²) in [4.78, 5) is 27.2. The lowest BCUT2D eigenvalue weighted by Crippen LogP contribution is -2.72. The minimum atomic E-state index is -1.78. The van der Waals surface area contributed by atoms with E-state index in [1.165, 1.54) is 11.9 Å². The molecule has 0 aromatic heterocycles. The van der Waals surface area contributed by atoms with Gasteiger partial charge in [0.1, 0.15) is 5.92 Å². The van der Waals surface area contributed by atoms with Crippen LogP contribution in [0.25, 0.3) is 0 Å². The number of nitrogens with zero attached hydrogens (tertiary/aromatic N) is 3. The van der Waals surface area contributed by atoms with Crippen LogP contribution in [0.3, 0.4) is 0 Å². The second-order valence-corrected chi connectivity index (χ2v) is 11.4. The summed E-state index contributed by atoms with van der Waals surface area (Å²) < 4.78 is 0. The van der Waals surface area contributed by atoms with Gasteiger partial charge in [-0.1, -0.05) is 19.6 Å². The molecule has 8 heteroatoms. The molecule has 0 saturated carbocycles. The smallest absolute Gasteiger partial charge is 0.301 e. The van der Waals surface area contributed by atoms with E-state index in [9.17, 15) is 9.59 Å². The molecule has 2 aliphatic rings.